The molecule has 2 heterocycles. The molecule has 1 aromatic carbocycles. The lowest BCUT2D eigenvalue weighted by molar-refractivity contribution is 0.608. The van der Waals surface area contributed by atoms with E-state index in [4.69, 9.17) is 0 Å². The zero-order valence-corrected chi connectivity index (χ0v) is 22.0. The van der Waals surface area contributed by atoms with Gasteiger partial charge in [0.05, 0.1) is 0 Å². The molecule has 0 unspecified atom stereocenters. The van der Waals surface area contributed by atoms with E-state index in [0.717, 1.165) is 0 Å². The Hall–Kier alpha value is -1.38. The summed E-state index contributed by atoms with van der Waals surface area (Å²) in [5, 5.41) is 4.54. The van der Waals surface area contributed by atoms with Gasteiger partial charge in [0.15, 0.2) is 0 Å². The van der Waals surface area contributed by atoms with Crippen LogP contribution in [0.4, 0.5) is 0 Å². The Balaban J connectivity index is 1.54. The Kier molecular flexibility index (Phi) is 11.6. The molecule has 0 aliphatic heterocycles. The van der Waals surface area contributed by atoms with Crippen molar-refractivity contribution < 1.29 is 0 Å². The highest BCUT2D eigenvalue weighted by Crippen LogP contribution is 2.35. The lowest BCUT2D eigenvalue weighted by Crippen LogP contribution is -1.88. The van der Waals surface area contributed by atoms with Crippen molar-refractivity contribution in [1.82, 2.24) is 0 Å². The van der Waals surface area contributed by atoms with Crippen LogP contribution >= 0.6 is 22.7 Å². The molecule has 0 aliphatic rings. The van der Waals surface area contributed by atoms with Gasteiger partial charge in [-0.3, -0.25) is 0 Å². The van der Waals surface area contributed by atoms with Gasteiger partial charge in [-0.05, 0) is 70.8 Å². The lowest BCUT2D eigenvalue weighted by Gasteiger charge is -2.08. The molecule has 0 N–H and O–H groups in total. The van der Waals surface area contributed by atoms with Crippen molar-refractivity contribution in [3.63, 3.8) is 0 Å². The second-order valence-electron chi connectivity index (χ2n) is 9.16. The fraction of sp³-hybridized carbons (Fsp3) is 0.533. The molecule has 0 fully saturated rings. The predicted molar refractivity (Wildman–Crippen MR) is 147 cm³/mol. The van der Waals surface area contributed by atoms with E-state index < -0.39 is 0 Å². The van der Waals surface area contributed by atoms with E-state index in [9.17, 15) is 0 Å². The molecular formula is C30H42S2. The molecule has 0 bridgehead atoms. The minimum absolute atomic E-state index is 1.22. The van der Waals surface area contributed by atoms with Crippen molar-refractivity contribution >= 4 is 22.7 Å². The van der Waals surface area contributed by atoms with Crippen LogP contribution in [0.25, 0.3) is 20.9 Å². The fourth-order valence-electron chi connectivity index (χ4n) is 4.54. The van der Waals surface area contributed by atoms with Crippen LogP contribution in [0, 0.1) is 0 Å². The molecule has 0 nitrogen and oxygen atoms in total. The maximum absolute atomic E-state index is 2.35. The molecule has 0 radical (unpaired) electrons. The van der Waals surface area contributed by atoms with Gasteiger partial charge >= 0.3 is 0 Å². The minimum atomic E-state index is 1.22. The molecule has 32 heavy (non-hydrogen) atoms. The second-order valence-corrected chi connectivity index (χ2v) is 11.0. The van der Waals surface area contributed by atoms with Crippen LogP contribution in [-0.4, -0.2) is 0 Å². The number of thiophene rings is 2. The highest BCUT2D eigenvalue weighted by Gasteiger charge is 2.10. The van der Waals surface area contributed by atoms with Gasteiger partial charge in [0.2, 0.25) is 0 Å². The van der Waals surface area contributed by atoms with Crippen LogP contribution in [0.3, 0.4) is 0 Å². The molecule has 0 saturated heterocycles. The average Bonchev–Trinajstić information content (AvgIpc) is 3.48. The lowest BCUT2D eigenvalue weighted by atomic mass is 10.00. The molecule has 0 amide bonds. The summed E-state index contributed by atoms with van der Waals surface area (Å²) in [6.07, 6.45) is 18.9. The third-order valence-corrected chi connectivity index (χ3v) is 8.51. The topological polar surface area (TPSA) is 0 Å². The Labute approximate surface area is 205 Å². The fourth-order valence-corrected chi connectivity index (χ4v) is 6.46. The van der Waals surface area contributed by atoms with Crippen LogP contribution < -0.4 is 0 Å². The molecule has 0 aliphatic carbocycles. The summed E-state index contributed by atoms with van der Waals surface area (Å²) in [7, 11) is 0. The number of unbranched alkanes of at least 4 members (excludes halogenated alkanes) is 10. The average molecular weight is 467 g/mol. The smallest absolute Gasteiger partial charge is 0.0374 e. The van der Waals surface area contributed by atoms with E-state index in [1.54, 1.807) is 0 Å². The number of aryl methyl sites for hydroxylation is 2. The Morgan fingerprint density at radius 1 is 0.469 bits per heavy atom. The Morgan fingerprint density at radius 2 is 0.844 bits per heavy atom. The first-order valence-electron chi connectivity index (χ1n) is 13.1. The summed E-state index contributed by atoms with van der Waals surface area (Å²) in [6, 6.07) is 14.1. The third kappa shape index (κ3) is 7.89. The molecular weight excluding hydrogens is 424 g/mol. The minimum Gasteiger partial charge on any atom is -0.144 e. The summed E-state index contributed by atoms with van der Waals surface area (Å²) >= 11 is 3.81. The van der Waals surface area contributed by atoms with E-state index in [-0.39, 0.29) is 0 Å². The van der Waals surface area contributed by atoms with Gasteiger partial charge in [-0.15, -0.1) is 22.7 Å². The van der Waals surface area contributed by atoms with Crippen molar-refractivity contribution in [1.29, 1.82) is 0 Å². The maximum Gasteiger partial charge on any atom is 0.0374 e. The highest BCUT2D eigenvalue weighted by atomic mass is 32.1. The highest BCUT2D eigenvalue weighted by molar-refractivity contribution is 7.14. The van der Waals surface area contributed by atoms with Crippen LogP contribution in [0.5, 0.6) is 0 Å². The van der Waals surface area contributed by atoms with Crippen LogP contribution in [0.2, 0.25) is 0 Å². The van der Waals surface area contributed by atoms with Crippen molar-refractivity contribution in [3.05, 3.63) is 58.3 Å². The first-order valence-corrected chi connectivity index (χ1v) is 14.8. The molecule has 3 rings (SSSR count). The van der Waals surface area contributed by atoms with E-state index >= 15 is 0 Å². The van der Waals surface area contributed by atoms with Crippen molar-refractivity contribution in [3.8, 4) is 20.9 Å². The summed E-state index contributed by atoms with van der Waals surface area (Å²) in [5.74, 6) is 0. The first-order chi connectivity index (χ1) is 15.8. The molecule has 0 spiro atoms. The molecule has 3 aromatic rings. The standard InChI is InChI=1S/C30H42S2/c1-3-5-7-9-11-13-15-25-21-23-31-29(25)27-17-19-28(20-18-27)30-26(22-24-32-30)16-14-12-10-8-6-4-2/h17-24H,3-16H2,1-2H3. The molecule has 0 atom stereocenters. The third-order valence-electron chi connectivity index (χ3n) is 6.50. The quantitative estimate of drug-likeness (QED) is 0.184. The van der Waals surface area contributed by atoms with Crippen molar-refractivity contribution in [2.45, 2.75) is 104 Å². The van der Waals surface area contributed by atoms with Gasteiger partial charge in [0, 0.05) is 9.75 Å². The number of hydrogen-bond acceptors (Lipinski definition) is 2. The largest absolute Gasteiger partial charge is 0.144 e. The van der Waals surface area contributed by atoms with E-state index in [1.165, 1.54) is 122 Å². The zero-order valence-electron chi connectivity index (χ0n) is 20.3. The summed E-state index contributed by atoms with van der Waals surface area (Å²) in [6.45, 7) is 4.58. The van der Waals surface area contributed by atoms with Gasteiger partial charge in [0.25, 0.3) is 0 Å². The summed E-state index contributed by atoms with van der Waals surface area (Å²) < 4.78 is 0. The summed E-state index contributed by atoms with van der Waals surface area (Å²) in [5.41, 5.74) is 5.86. The van der Waals surface area contributed by atoms with Gasteiger partial charge in [-0.25, -0.2) is 0 Å². The maximum atomic E-state index is 2.35. The first kappa shape index (κ1) is 25.2. The Morgan fingerprint density at radius 3 is 1.25 bits per heavy atom. The van der Waals surface area contributed by atoms with E-state index in [1.807, 2.05) is 22.7 Å². The van der Waals surface area contributed by atoms with Gasteiger partial charge in [-0.2, -0.15) is 0 Å². The van der Waals surface area contributed by atoms with Gasteiger partial charge < -0.3 is 0 Å². The second kappa shape index (κ2) is 14.7. The van der Waals surface area contributed by atoms with Crippen LogP contribution in [0.15, 0.2) is 47.2 Å². The molecule has 174 valence electrons. The summed E-state index contributed by atoms with van der Waals surface area (Å²) in [4.78, 5) is 2.95. The monoisotopic (exact) mass is 466 g/mol. The van der Waals surface area contributed by atoms with Crippen LogP contribution in [0.1, 0.15) is 102 Å². The molecule has 2 heteroatoms. The molecule has 2 aromatic heterocycles. The van der Waals surface area contributed by atoms with Crippen molar-refractivity contribution in [2.24, 2.45) is 0 Å². The van der Waals surface area contributed by atoms with Crippen molar-refractivity contribution in [2.75, 3.05) is 0 Å². The van der Waals surface area contributed by atoms with Gasteiger partial charge in [0.1, 0.15) is 0 Å². The molecule has 0 saturated carbocycles. The SMILES string of the molecule is CCCCCCCCc1ccsc1-c1ccc(-c2sccc2CCCCCCCC)cc1. The predicted octanol–water partition coefficient (Wildman–Crippen LogP) is 10.9. The normalized spacial score (nSPS) is 11.3. The number of benzene rings is 1. The zero-order chi connectivity index (χ0) is 22.4. The van der Waals surface area contributed by atoms with Gasteiger partial charge in [-0.1, -0.05) is 102 Å². The van der Waals surface area contributed by atoms with E-state index in [0.29, 0.717) is 0 Å². The number of rotatable bonds is 16. The Bertz CT molecular complexity index is 795. The van der Waals surface area contributed by atoms with E-state index in [2.05, 4.69) is 61.0 Å². The number of hydrogen-bond donors (Lipinski definition) is 0. The van der Waals surface area contributed by atoms with Crippen LogP contribution in [-0.2, 0) is 12.8 Å².